The SMILES string of the molecule is CCOC(=O)C1CCN(c2cnc(N(Cc3cc(C(F)(F)F)cc(C(F)(F)F)c3)Cc3cc4ccccc4c(=O)[nH]3)nc2)CC1. The minimum absolute atomic E-state index is 0.0279. The summed E-state index contributed by atoms with van der Waals surface area (Å²) in [7, 11) is 0. The minimum atomic E-state index is -5.01. The molecular weight excluding hydrogens is 604 g/mol. The van der Waals surface area contributed by atoms with Crippen molar-refractivity contribution in [2.24, 2.45) is 5.92 Å². The van der Waals surface area contributed by atoms with E-state index in [1.807, 2.05) is 4.90 Å². The highest BCUT2D eigenvalue weighted by atomic mass is 19.4. The molecule has 0 radical (unpaired) electrons. The van der Waals surface area contributed by atoms with Gasteiger partial charge in [0.15, 0.2) is 0 Å². The fraction of sp³-hybridized carbons (Fsp3) is 0.355. The molecule has 0 atom stereocenters. The van der Waals surface area contributed by atoms with E-state index in [9.17, 15) is 35.9 Å². The average molecular weight is 634 g/mol. The van der Waals surface area contributed by atoms with E-state index in [2.05, 4.69) is 15.0 Å². The van der Waals surface area contributed by atoms with E-state index < -0.39 is 35.6 Å². The molecular formula is C31H29F6N5O3. The number of pyridine rings is 1. The van der Waals surface area contributed by atoms with Gasteiger partial charge in [-0.2, -0.15) is 26.3 Å². The summed E-state index contributed by atoms with van der Waals surface area (Å²) in [4.78, 5) is 39.7. The molecule has 14 heteroatoms. The highest BCUT2D eigenvalue weighted by Gasteiger charge is 2.37. The Morgan fingerprint density at radius 1 is 0.956 bits per heavy atom. The van der Waals surface area contributed by atoms with Crippen LogP contribution in [0.25, 0.3) is 10.8 Å². The number of carbonyl (C=O) groups excluding carboxylic acids is 1. The molecule has 3 heterocycles. The molecule has 1 aliphatic rings. The summed E-state index contributed by atoms with van der Waals surface area (Å²) >= 11 is 0. The summed E-state index contributed by atoms with van der Waals surface area (Å²) in [5.74, 6) is -0.426. The largest absolute Gasteiger partial charge is 0.466 e. The molecule has 45 heavy (non-hydrogen) atoms. The molecule has 0 bridgehead atoms. The molecule has 5 rings (SSSR count). The van der Waals surface area contributed by atoms with Crippen LogP contribution in [-0.4, -0.2) is 40.6 Å². The second kappa shape index (κ2) is 12.8. The number of nitrogens with one attached hydrogen (secondary N) is 1. The lowest BCUT2D eigenvalue weighted by atomic mass is 9.97. The molecule has 1 N–H and O–H groups in total. The third kappa shape index (κ3) is 7.55. The lowest BCUT2D eigenvalue weighted by Crippen LogP contribution is -2.37. The highest BCUT2D eigenvalue weighted by molar-refractivity contribution is 5.81. The zero-order valence-corrected chi connectivity index (χ0v) is 24.1. The lowest BCUT2D eigenvalue weighted by Gasteiger charge is -2.32. The third-order valence-electron chi connectivity index (χ3n) is 7.58. The molecule has 0 saturated carbocycles. The summed E-state index contributed by atoms with van der Waals surface area (Å²) in [6, 6.07) is 9.86. The summed E-state index contributed by atoms with van der Waals surface area (Å²) < 4.78 is 86.6. The fourth-order valence-electron chi connectivity index (χ4n) is 5.36. The minimum Gasteiger partial charge on any atom is -0.466 e. The Bertz CT molecular complexity index is 1680. The molecule has 1 saturated heterocycles. The average Bonchev–Trinajstić information content (AvgIpc) is 3.00. The van der Waals surface area contributed by atoms with Gasteiger partial charge in [-0.05, 0) is 61.0 Å². The Morgan fingerprint density at radius 3 is 2.18 bits per heavy atom. The monoisotopic (exact) mass is 633 g/mol. The predicted molar refractivity (Wildman–Crippen MR) is 155 cm³/mol. The molecule has 2 aromatic carbocycles. The number of aromatic nitrogens is 3. The van der Waals surface area contributed by atoms with E-state index in [-0.39, 0.29) is 36.0 Å². The maximum Gasteiger partial charge on any atom is 0.416 e. The number of aromatic amines is 1. The highest BCUT2D eigenvalue weighted by Crippen LogP contribution is 2.37. The number of H-pyrrole nitrogens is 1. The van der Waals surface area contributed by atoms with Gasteiger partial charge in [-0.1, -0.05) is 18.2 Å². The van der Waals surface area contributed by atoms with E-state index in [1.54, 1.807) is 37.3 Å². The van der Waals surface area contributed by atoms with Gasteiger partial charge >= 0.3 is 18.3 Å². The third-order valence-corrected chi connectivity index (χ3v) is 7.58. The van der Waals surface area contributed by atoms with Crippen molar-refractivity contribution in [3.63, 3.8) is 0 Å². The molecule has 1 fully saturated rings. The van der Waals surface area contributed by atoms with Crippen molar-refractivity contribution in [1.29, 1.82) is 0 Å². The van der Waals surface area contributed by atoms with Gasteiger partial charge in [0.2, 0.25) is 5.95 Å². The van der Waals surface area contributed by atoms with Crippen LogP contribution < -0.4 is 15.4 Å². The lowest BCUT2D eigenvalue weighted by molar-refractivity contribution is -0.148. The van der Waals surface area contributed by atoms with Crippen LogP contribution in [0, 0.1) is 5.92 Å². The molecule has 1 aliphatic heterocycles. The van der Waals surface area contributed by atoms with Crippen LogP contribution in [-0.2, 0) is 35.0 Å². The van der Waals surface area contributed by atoms with Crippen molar-refractivity contribution in [3.05, 3.63) is 93.7 Å². The number of hydrogen-bond acceptors (Lipinski definition) is 7. The summed E-state index contributed by atoms with van der Waals surface area (Å²) in [6.45, 7) is 2.58. The Morgan fingerprint density at radius 2 is 1.58 bits per heavy atom. The van der Waals surface area contributed by atoms with E-state index in [4.69, 9.17) is 4.74 Å². The zero-order valence-electron chi connectivity index (χ0n) is 24.1. The smallest absolute Gasteiger partial charge is 0.416 e. The van der Waals surface area contributed by atoms with Crippen LogP contribution in [0.1, 0.15) is 42.1 Å². The number of rotatable bonds is 8. The van der Waals surface area contributed by atoms with Gasteiger partial charge in [0.1, 0.15) is 0 Å². The standard InChI is InChI=1S/C31H29F6N5O3/c1-2-45-28(44)20-7-9-41(10-8-20)25-15-38-29(39-16-25)42(18-24-13-21-5-3-4-6-26(21)27(43)40-24)17-19-11-22(30(32,33)34)14-23(12-19)31(35,36)37/h3-6,11-16,20H,2,7-10,17-18H2,1H3,(H,40,43). The number of nitrogens with zero attached hydrogens (tertiary/aromatic N) is 4. The van der Waals surface area contributed by atoms with Crippen molar-refractivity contribution < 1.29 is 35.9 Å². The van der Waals surface area contributed by atoms with E-state index in [0.717, 1.165) is 0 Å². The zero-order chi connectivity index (χ0) is 32.4. The summed E-state index contributed by atoms with van der Waals surface area (Å²) in [5, 5.41) is 1.03. The van der Waals surface area contributed by atoms with Gasteiger partial charge in [0.05, 0.1) is 48.3 Å². The molecule has 0 unspecified atom stereocenters. The first-order chi connectivity index (χ1) is 21.3. The van der Waals surface area contributed by atoms with E-state index in [1.165, 1.54) is 17.3 Å². The van der Waals surface area contributed by atoms with Crippen LogP contribution >= 0.6 is 0 Å². The molecule has 4 aromatic rings. The van der Waals surface area contributed by atoms with Crippen molar-refractivity contribution in [2.45, 2.75) is 45.2 Å². The van der Waals surface area contributed by atoms with E-state index in [0.29, 0.717) is 66.8 Å². The maximum absolute atomic E-state index is 13.6. The van der Waals surface area contributed by atoms with Gasteiger partial charge in [-0.3, -0.25) is 9.59 Å². The second-order valence-corrected chi connectivity index (χ2v) is 10.7. The predicted octanol–water partition coefficient (Wildman–Crippen LogP) is 6.34. The van der Waals surface area contributed by atoms with Gasteiger partial charge in [-0.25, -0.2) is 9.97 Å². The first-order valence-corrected chi connectivity index (χ1v) is 14.2. The molecule has 0 amide bonds. The molecule has 0 spiro atoms. The summed E-state index contributed by atoms with van der Waals surface area (Å²) in [5.41, 5.74) is -2.55. The van der Waals surface area contributed by atoms with E-state index >= 15 is 0 Å². The Hall–Kier alpha value is -4.62. The van der Waals surface area contributed by atoms with Gasteiger partial charge < -0.3 is 19.5 Å². The molecule has 2 aromatic heterocycles. The number of esters is 1. The summed E-state index contributed by atoms with van der Waals surface area (Å²) in [6.07, 6.45) is -5.86. The van der Waals surface area contributed by atoms with Crippen molar-refractivity contribution in [3.8, 4) is 0 Å². The van der Waals surface area contributed by atoms with Crippen LogP contribution in [0.4, 0.5) is 38.0 Å². The van der Waals surface area contributed by atoms with Crippen molar-refractivity contribution >= 4 is 28.4 Å². The number of anilines is 2. The number of benzene rings is 2. The number of hydrogen-bond donors (Lipinski definition) is 1. The van der Waals surface area contributed by atoms with Gasteiger partial charge in [0, 0.05) is 30.7 Å². The van der Waals surface area contributed by atoms with Crippen LogP contribution in [0.3, 0.4) is 0 Å². The normalized spacial score (nSPS) is 14.5. The Balaban J connectivity index is 1.46. The van der Waals surface area contributed by atoms with Crippen LogP contribution in [0.15, 0.2) is 65.7 Å². The number of ether oxygens (including phenoxy) is 1. The first-order valence-electron chi connectivity index (χ1n) is 14.2. The Kier molecular flexibility index (Phi) is 9.03. The molecule has 238 valence electrons. The number of piperidine rings is 1. The fourth-order valence-corrected chi connectivity index (χ4v) is 5.36. The number of alkyl halides is 6. The number of carbonyl (C=O) groups is 1. The van der Waals surface area contributed by atoms with Gasteiger partial charge in [-0.15, -0.1) is 0 Å². The number of halogens is 6. The molecule has 8 nitrogen and oxygen atoms in total. The topological polar surface area (TPSA) is 91.4 Å². The quantitative estimate of drug-likeness (QED) is 0.179. The number of fused-ring (bicyclic) bond motifs is 1. The first kappa shape index (κ1) is 31.8. The van der Waals surface area contributed by atoms with Gasteiger partial charge in [0.25, 0.3) is 5.56 Å². The molecule has 0 aliphatic carbocycles. The maximum atomic E-state index is 13.6. The van der Waals surface area contributed by atoms with Crippen LogP contribution in [0.5, 0.6) is 0 Å². The van der Waals surface area contributed by atoms with Crippen LogP contribution in [0.2, 0.25) is 0 Å². The van der Waals surface area contributed by atoms with Crippen molar-refractivity contribution in [2.75, 3.05) is 29.5 Å². The second-order valence-electron chi connectivity index (χ2n) is 10.7. The Labute approximate surface area is 253 Å². The van der Waals surface area contributed by atoms with Crippen molar-refractivity contribution in [1.82, 2.24) is 15.0 Å².